The number of aliphatic hydroxyl groups is 1. The summed E-state index contributed by atoms with van der Waals surface area (Å²) in [4.78, 5) is 0. The molecule has 0 amide bonds. The van der Waals surface area contributed by atoms with E-state index in [1.807, 2.05) is 0 Å². The van der Waals surface area contributed by atoms with Gasteiger partial charge in [0.05, 0.1) is 13.2 Å². The topological polar surface area (TPSA) is 29.5 Å². The van der Waals surface area contributed by atoms with Gasteiger partial charge in [0.1, 0.15) is 11.6 Å². The first-order valence-corrected chi connectivity index (χ1v) is 3.86. The van der Waals surface area contributed by atoms with E-state index in [9.17, 15) is 4.39 Å². The van der Waals surface area contributed by atoms with Gasteiger partial charge in [-0.3, -0.25) is 0 Å². The smallest absolute Gasteiger partial charge is 0.132 e. The number of hydrogen-bond donors (Lipinski definition) is 1. The Balaban J connectivity index is 2.49. The molecule has 0 unspecified atom stereocenters. The van der Waals surface area contributed by atoms with Crippen molar-refractivity contribution < 1.29 is 14.2 Å². The number of aliphatic hydroxyl groups excluding tert-OH is 1. The predicted octanol–water partition coefficient (Wildman–Crippen LogP) is 1.25. The standard InChI is InChI=1S/C9H9FO2/c10-8-4-9-6(1-2-12-9)3-7(8)5-11/h3-4,11H,1-2,5H2. The Hall–Kier alpha value is -1.09. The van der Waals surface area contributed by atoms with E-state index in [0.717, 1.165) is 12.0 Å². The van der Waals surface area contributed by atoms with Crippen molar-refractivity contribution >= 4 is 0 Å². The SMILES string of the molecule is OCc1cc2c(cc1F)OCC2. The van der Waals surface area contributed by atoms with Gasteiger partial charge in [0.15, 0.2) is 0 Å². The molecular weight excluding hydrogens is 159 g/mol. The predicted molar refractivity (Wildman–Crippen MR) is 41.5 cm³/mol. The minimum atomic E-state index is -0.391. The summed E-state index contributed by atoms with van der Waals surface area (Å²) in [6.45, 7) is 0.364. The largest absolute Gasteiger partial charge is 0.493 e. The van der Waals surface area contributed by atoms with Gasteiger partial charge in [0.2, 0.25) is 0 Å². The number of halogens is 1. The maximum Gasteiger partial charge on any atom is 0.132 e. The minimum absolute atomic E-state index is 0.251. The molecule has 1 aliphatic heterocycles. The summed E-state index contributed by atoms with van der Waals surface area (Å²) < 4.78 is 18.2. The van der Waals surface area contributed by atoms with E-state index in [1.165, 1.54) is 6.07 Å². The van der Waals surface area contributed by atoms with Crippen LogP contribution in [0.5, 0.6) is 5.75 Å². The van der Waals surface area contributed by atoms with Gasteiger partial charge in [0.25, 0.3) is 0 Å². The second-order valence-corrected chi connectivity index (χ2v) is 2.81. The summed E-state index contributed by atoms with van der Waals surface area (Å²) in [5.74, 6) is 0.225. The molecule has 0 fully saturated rings. The molecule has 2 nitrogen and oxygen atoms in total. The zero-order valence-electron chi connectivity index (χ0n) is 6.51. The quantitative estimate of drug-likeness (QED) is 0.683. The molecule has 0 saturated carbocycles. The van der Waals surface area contributed by atoms with E-state index in [2.05, 4.69) is 0 Å². The molecule has 0 spiro atoms. The van der Waals surface area contributed by atoms with Crippen LogP contribution in [0.25, 0.3) is 0 Å². The van der Waals surface area contributed by atoms with Crippen molar-refractivity contribution in [2.24, 2.45) is 0 Å². The van der Waals surface area contributed by atoms with Crippen LogP contribution in [0.15, 0.2) is 12.1 Å². The van der Waals surface area contributed by atoms with E-state index in [4.69, 9.17) is 9.84 Å². The Bertz CT molecular complexity index is 309. The monoisotopic (exact) mass is 168 g/mol. The maximum atomic E-state index is 13.0. The van der Waals surface area contributed by atoms with Gasteiger partial charge < -0.3 is 9.84 Å². The van der Waals surface area contributed by atoms with Gasteiger partial charge >= 0.3 is 0 Å². The first-order chi connectivity index (χ1) is 5.81. The molecule has 1 aliphatic rings. The highest BCUT2D eigenvalue weighted by Gasteiger charge is 2.15. The van der Waals surface area contributed by atoms with Crippen LogP contribution >= 0.6 is 0 Å². The van der Waals surface area contributed by atoms with Gasteiger partial charge in [0, 0.05) is 18.1 Å². The van der Waals surface area contributed by atoms with Crippen molar-refractivity contribution in [2.75, 3.05) is 6.61 Å². The molecule has 2 rings (SSSR count). The van der Waals surface area contributed by atoms with Crippen LogP contribution in [-0.2, 0) is 13.0 Å². The Labute approximate surface area is 69.6 Å². The third kappa shape index (κ3) is 1.06. The minimum Gasteiger partial charge on any atom is -0.493 e. The molecule has 1 N–H and O–H groups in total. The number of fused-ring (bicyclic) bond motifs is 1. The first kappa shape index (κ1) is 7.55. The molecule has 0 aromatic heterocycles. The fraction of sp³-hybridized carbons (Fsp3) is 0.333. The molecule has 12 heavy (non-hydrogen) atoms. The third-order valence-electron chi connectivity index (χ3n) is 2.03. The lowest BCUT2D eigenvalue weighted by molar-refractivity contribution is 0.275. The second kappa shape index (κ2) is 2.75. The Morgan fingerprint density at radius 1 is 1.50 bits per heavy atom. The summed E-state index contributed by atoms with van der Waals surface area (Å²) in [5, 5.41) is 8.77. The zero-order valence-corrected chi connectivity index (χ0v) is 6.51. The third-order valence-corrected chi connectivity index (χ3v) is 2.03. The van der Waals surface area contributed by atoms with Crippen molar-refractivity contribution in [2.45, 2.75) is 13.0 Å². The average molecular weight is 168 g/mol. The average Bonchev–Trinajstić information content (AvgIpc) is 2.49. The fourth-order valence-corrected chi connectivity index (χ4v) is 1.37. The fourth-order valence-electron chi connectivity index (χ4n) is 1.37. The van der Waals surface area contributed by atoms with E-state index < -0.39 is 5.82 Å². The summed E-state index contributed by atoms with van der Waals surface area (Å²) in [5.41, 5.74) is 1.33. The lowest BCUT2D eigenvalue weighted by Gasteiger charge is -2.02. The van der Waals surface area contributed by atoms with E-state index in [1.54, 1.807) is 6.07 Å². The summed E-state index contributed by atoms with van der Waals surface area (Å²) >= 11 is 0. The molecule has 1 aromatic carbocycles. The number of rotatable bonds is 1. The normalized spacial score (nSPS) is 14.2. The highest BCUT2D eigenvalue weighted by Crippen LogP contribution is 2.27. The van der Waals surface area contributed by atoms with Crippen LogP contribution in [0.4, 0.5) is 4.39 Å². The van der Waals surface area contributed by atoms with Gasteiger partial charge in [-0.25, -0.2) is 4.39 Å². The Kier molecular flexibility index (Phi) is 1.73. The van der Waals surface area contributed by atoms with E-state index >= 15 is 0 Å². The summed E-state index contributed by atoms with van der Waals surface area (Å²) in [6.07, 6.45) is 0.808. The van der Waals surface area contributed by atoms with Crippen LogP contribution in [0.2, 0.25) is 0 Å². The molecule has 1 heterocycles. The molecule has 0 saturated heterocycles. The first-order valence-electron chi connectivity index (χ1n) is 3.86. The highest BCUT2D eigenvalue weighted by molar-refractivity contribution is 5.40. The van der Waals surface area contributed by atoms with Crippen LogP contribution in [-0.4, -0.2) is 11.7 Å². The van der Waals surface area contributed by atoms with Crippen molar-refractivity contribution in [3.8, 4) is 5.75 Å². The highest BCUT2D eigenvalue weighted by atomic mass is 19.1. The lowest BCUT2D eigenvalue weighted by atomic mass is 10.1. The van der Waals surface area contributed by atoms with Crippen molar-refractivity contribution in [3.63, 3.8) is 0 Å². The van der Waals surface area contributed by atoms with E-state index in [0.29, 0.717) is 17.9 Å². The van der Waals surface area contributed by atoms with Crippen LogP contribution in [0, 0.1) is 5.82 Å². The van der Waals surface area contributed by atoms with Crippen LogP contribution < -0.4 is 4.74 Å². The van der Waals surface area contributed by atoms with Crippen LogP contribution in [0.3, 0.4) is 0 Å². The van der Waals surface area contributed by atoms with Crippen molar-refractivity contribution in [1.82, 2.24) is 0 Å². The number of benzene rings is 1. The molecule has 64 valence electrons. The van der Waals surface area contributed by atoms with Crippen LogP contribution in [0.1, 0.15) is 11.1 Å². The molecule has 3 heteroatoms. The molecule has 1 aromatic rings. The molecule has 0 radical (unpaired) electrons. The maximum absolute atomic E-state index is 13.0. The van der Waals surface area contributed by atoms with Crippen molar-refractivity contribution in [1.29, 1.82) is 0 Å². The number of hydrogen-bond acceptors (Lipinski definition) is 2. The molecule has 0 atom stereocenters. The van der Waals surface area contributed by atoms with Gasteiger partial charge in [-0.15, -0.1) is 0 Å². The summed E-state index contributed by atoms with van der Waals surface area (Å²) in [6, 6.07) is 3.01. The Morgan fingerprint density at radius 2 is 2.33 bits per heavy atom. The zero-order chi connectivity index (χ0) is 8.55. The van der Waals surface area contributed by atoms with Gasteiger partial charge in [-0.05, 0) is 11.6 Å². The number of ether oxygens (including phenoxy) is 1. The summed E-state index contributed by atoms with van der Waals surface area (Å²) in [7, 11) is 0. The van der Waals surface area contributed by atoms with Gasteiger partial charge in [-0.2, -0.15) is 0 Å². The molecule has 0 bridgehead atoms. The molecule has 0 aliphatic carbocycles. The van der Waals surface area contributed by atoms with Gasteiger partial charge in [-0.1, -0.05) is 0 Å². The lowest BCUT2D eigenvalue weighted by Crippen LogP contribution is -1.91. The van der Waals surface area contributed by atoms with E-state index in [-0.39, 0.29) is 6.61 Å². The Morgan fingerprint density at radius 3 is 3.08 bits per heavy atom. The second-order valence-electron chi connectivity index (χ2n) is 2.81. The molecular formula is C9H9FO2. The van der Waals surface area contributed by atoms with Crippen molar-refractivity contribution in [3.05, 3.63) is 29.1 Å².